The van der Waals surface area contributed by atoms with Crippen molar-refractivity contribution < 1.29 is 14.3 Å². The standard InChI is InChI=1S/C32H39N5O3/c1-8-25-19-37(17-23-13-14-33-16-28(23)40-25)18-24-15-22(10-9-20(24)2)29(32(4,5)31(38)39-7)26-11-12-27-30(21(26)3)34-35-36(27)6/h9-16,25,29H,8,17-19H2,1-7H3. The zero-order chi connectivity index (χ0) is 28.6. The molecule has 8 nitrogen and oxygen atoms in total. The first-order valence-corrected chi connectivity index (χ1v) is 13.9. The molecule has 0 radical (unpaired) electrons. The lowest BCUT2D eigenvalue weighted by Crippen LogP contribution is -2.34. The summed E-state index contributed by atoms with van der Waals surface area (Å²) in [4.78, 5) is 19.9. The molecule has 2 unspecified atom stereocenters. The first-order valence-electron chi connectivity index (χ1n) is 13.9. The summed E-state index contributed by atoms with van der Waals surface area (Å²) >= 11 is 0. The van der Waals surface area contributed by atoms with Gasteiger partial charge in [0.1, 0.15) is 17.4 Å². The Morgan fingerprint density at radius 1 is 1.20 bits per heavy atom. The molecule has 0 saturated carbocycles. The highest BCUT2D eigenvalue weighted by Crippen LogP contribution is 2.44. The lowest BCUT2D eigenvalue weighted by Gasteiger charge is -2.34. The third-order valence-corrected chi connectivity index (χ3v) is 8.40. The molecule has 3 heterocycles. The quantitative estimate of drug-likeness (QED) is 0.286. The highest BCUT2D eigenvalue weighted by Gasteiger charge is 2.41. The van der Waals surface area contributed by atoms with Crippen molar-refractivity contribution in [1.82, 2.24) is 24.9 Å². The zero-order valence-electron chi connectivity index (χ0n) is 24.6. The van der Waals surface area contributed by atoms with E-state index in [1.807, 2.05) is 45.4 Å². The van der Waals surface area contributed by atoms with Gasteiger partial charge in [0, 0.05) is 44.4 Å². The number of hydrogen-bond donors (Lipinski definition) is 0. The average molecular weight is 542 g/mol. The number of hydrogen-bond acceptors (Lipinski definition) is 7. The van der Waals surface area contributed by atoms with Crippen LogP contribution in [0.5, 0.6) is 5.75 Å². The minimum atomic E-state index is -0.822. The van der Waals surface area contributed by atoms with E-state index in [1.54, 1.807) is 4.68 Å². The molecule has 2 aromatic carbocycles. The molecule has 0 spiro atoms. The van der Waals surface area contributed by atoms with E-state index >= 15 is 0 Å². The maximum atomic E-state index is 13.2. The molecule has 1 aliphatic heterocycles. The third kappa shape index (κ3) is 5.08. The number of benzene rings is 2. The molecule has 5 rings (SSSR count). The summed E-state index contributed by atoms with van der Waals surface area (Å²) in [7, 11) is 3.35. The second-order valence-electron chi connectivity index (χ2n) is 11.5. The van der Waals surface area contributed by atoms with Crippen LogP contribution < -0.4 is 4.74 Å². The van der Waals surface area contributed by atoms with E-state index < -0.39 is 5.41 Å². The lowest BCUT2D eigenvalue weighted by molar-refractivity contribution is -0.151. The minimum absolute atomic E-state index is 0.0984. The molecule has 0 saturated heterocycles. The highest BCUT2D eigenvalue weighted by atomic mass is 16.5. The Bertz CT molecular complexity index is 1540. The Balaban J connectivity index is 1.57. The van der Waals surface area contributed by atoms with Crippen molar-refractivity contribution in [2.75, 3.05) is 13.7 Å². The summed E-state index contributed by atoms with van der Waals surface area (Å²) in [5.74, 6) is 0.379. The fourth-order valence-corrected chi connectivity index (χ4v) is 6.00. The molecular formula is C32H39N5O3. The van der Waals surface area contributed by atoms with E-state index in [0.717, 1.165) is 65.1 Å². The van der Waals surface area contributed by atoms with E-state index in [2.05, 4.69) is 65.2 Å². The average Bonchev–Trinajstić information content (AvgIpc) is 3.22. The van der Waals surface area contributed by atoms with Crippen LogP contribution in [0.1, 0.15) is 66.5 Å². The molecule has 1 aliphatic rings. The van der Waals surface area contributed by atoms with Crippen LogP contribution in [0.2, 0.25) is 0 Å². The fraction of sp³-hybridized carbons (Fsp3) is 0.438. The molecule has 2 atom stereocenters. The number of methoxy groups -OCH3 is 1. The van der Waals surface area contributed by atoms with E-state index in [-0.39, 0.29) is 18.0 Å². The monoisotopic (exact) mass is 541 g/mol. The Morgan fingerprint density at radius 2 is 2.00 bits per heavy atom. The number of rotatable bonds is 7. The van der Waals surface area contributed by atoms with Crippen molar-refractivity contribution >= 4 is 17.0 Å². The summed E-state index contributed by atoms with van der Waals surface area (Å²) < 4.78 is 13.4. The molecule has 4 aromatic rings. The zero-order valence-corrected chi connectivity index (χ0v) is 24.6. The number of pyridine rings is 1. The number of aromatic nitrogens is 4. The topological polar surface area (TPSA) is 82.4 Å². The minimum Gasteiger partial charge on any atom is -0.487 e. The van der Waals surface area contributed by atoms with Crippen LogP contribution in [0.15, 0.2) is 48.8 Å². The molecule has 40 heavy (non-hydrogen) atoms. The van der Waals surface area contributed by atoms with Gasteiger partial charge in [0.2, 0.25) is 0 Å². The molecule has 0 aliphatic carbocycles. The summed E-state index contributed by atoms with van der Waals surface area (Å²) in [6, 6.07) is 12.8. The largest absolute Gasteiger partial charge is 0.487 e. The van der Waals surface area contributed by atoms with Gasteiger partial charge in [-0.15, -0.1) is 5.10 Å². The van der Waals surface area contributed by atoms with Gasteiger partial charge >= 0.3 is 5.97 Å². The second-order valence-corrected chi connectivity index (χ2v) is 11.5. The summed E-state index contributed by atoms with van der Waals surface area (Å²) in [6.07, 6.45) is 4.67. The van der Waals surface area contributed by atoms with Gasteiger partial charge in [-0.1, -0.05) is 36.4 Å². The molecule has 210 valence electrons. The van der Waals surface area contributed by atoms with E-state index in [9.17, 15) is 4.79 Å². The van der Waals surface area contributed by atoms with E-state index in [1.165, 1.54) is 18.2 Å². The maximum absolute atomic E-state index is 13.2. The van der Waals surface area contributed by atoms with Crippen LogP contribution in [0.4, 0.5) is 0 Å². The van der Waals surface area contributed by atoms with Crippen LogP contribution in [-0.4, -0.2) is 50.6 Å². The van der Waals surface area contributed by atoms with Crippen molar-refractivity contribution in [3.8, 4) is 5.75 Å². The van der Waals surface area contributed by atoms with Crippen LogP contribution in [0.3, 0.4) is 0 Å². The number of fused-ring (bicyclic) bond motifs is 2. The van der Waals surface area contributed by atoms with Crippen LogP contribution in [0, 0.1) is 19.3 Å². The van der Waals surface area contributed by atoms with Crippen LogP contribution in [0.25, 0.3) is 11.0 Å². The molecule has 8 heteroatoms. The molecule has 2 aromatic heterocycles. The van der Waals surface area contributed by atoms with Crippen LogP contribution in [-0.2, 0) is 29.7 Å². The van der Waals surface area contributed by atoms with Crippen molar-refractivity contribution in [3.05, 3.63) is 82.2 Å². The van der Waals surface area contributed by atoms with Gasteiger partial charge in [0.25, 0.3) is 0 Å². The number of nitrogens with zero attached hydrogens (tertiary/aromatic N) is 5. The van der Waals surface area contributed by atoms with Gasteiger partial charge in [-0.25, -0.2) is 4.68 Å². The fourth-order valence-electron chi connectivity index (χ4n) is 6.00. The normalized spacial score (nSPS) is 16.7. The van der Waals surface area contributed by atoms with Gasteiger partial charge in [0.05, 0.1) is 24.2 Å². The summed E-state index contributed by atoms with van der Waals surface area (Å²) in [5.41, 5.74) is 7.73. The number of carbonyl (C=O) groups excluding carboxylic acids is 1. The third-order valence-electron chi connectivity index (χ3n) is 8.40. The number of aryl methyl sites for hydroxylation is 3. The van der Waals surface area contributed by atoms with Gasteiger partial charge in [-0.05, 0) is 74.1 Å². The predicted molar refractivity (Wildman–Crippen MR) is 155 cm³/mol. The molecular weight excluding hydrogens is 502 g/mol. The Hall–Kier alpha value is -3.78. The number of ether oxygens (including phenoxy) is 2. The predicted octanol–water partition coefficient (Wildman–Crippen LogP) is 5.48. The van der Waals surface area contributed by atoms with Crippen molar-refractivity contribution in [2.45, 2.75) is 66.2 Å². The Kier molecular flexibility index (Phi) is 7.64. The molecule has 0 amide bonds. The van der Waals surface area contributed by atoms with Crippen molar-refractivity contribution in [3.63, 3.8) is 0 Å². The highest BCUT2D eigenvalue weighted by molar-refractivity contribution is 5.82. The summed E-state index contributed by atoms with van der Waals surface area (Å²) in [6.45, 7) is 12.7. The maximum Gasteiger partial charge on any atom is 0.312 e. The lowest BCUT2D eigenvalue weighted by atomic mass is 9.69. The van der Waals surface area contributed by atoms with E-state index in [4.69, 9.17) is 9.47 Å². The smallest absolute Gasteiger partial charge is 0.312 e. The second kappa shape index (κ2) is 11.0. The molecule has 0 N–H and O–H groups in total. The first kappa shape index (κ1) is 27.8. The van der Waals surface area contributed by atoms with Crippen molar-refractivity contribution in [2.24, 2.45) is 12.5 Å². The van der Waals surface area contributed by atoms with Gasteiger partial charge in [-0.3, -0.25) is 14.7 Å². The number of carbonyl (C=O) groups is 1. The Labute approximate surface area is 236 Å². The Morgan fingerprint density at radius 3 is 2.75 bits per heavy atom. The van der Waals surface area contributed by atoms with Gasteiger partial charge in [0.15, 0.2) is 0 Å². The summed E-state index contributed by atoms with van der Waals surface area (Å²) in [5, 5.41) is 8.65. The molecule has 0 fully saturated rings. The van der Waals surface area contributed by atoms with E-state index in [0.29, 0.717) is 0 Å². The van der Waals surface area contributed by atoms with Gasteiger partial charge < -0.3 is 9.47 Å². The van der Waals surface area contributed by atoms with Crippen molar-refractivity contribution in [1.29, 1.82) is 0 Å². The van der Waals surface area contributed by atoms with Gasteiger partial charge in [-0.2, -0.15) is 0 Å². The first-order chi connectivity index (χ1) is 19.1. The number of esters is 1. The van der Waals surface area contributed by atoms with Crippen LogP contribution >= 0.6 is 0 Å². The molecule has 0 bridgehead atoms. The SMILES string of the molecule is CCC1CN(Cc2cc(C(c3ccc4c(nnn4C)c3C)C(C)(C)C(=O)OC)ccc2C)Cc2ccncc2O1.